The summed E-state index contributed by atoms with van der Waals surface area (Å²) in [5.41, 5.74) is 3.16. The summed E-state index contributed by atoms with van der Waals surface area (Å²) in [6, 6.07) is 13.6. The number of piperidine rings is 1. The molecule has 0 bridgehead atoms. The van der Waals surface area contributed by atoms with Crippen LogP contribution in [0.25, 0.3) is 5.52 Å². The molecule has 2 aromatic heterocycles. The Hall–Kier alpha value is -3.15. The lowest BCUT2D eigenvalue weighted by Gasteiger charge is -2.29. The summed E-state index contributed by atoms with van der Waals surface area (Å²) in [5.74, 6) is 0.695. The normalized spacial score (nSPS) is 17.0. The van der Waals surface area contributed by atoms with Crippen LogP contribution < -0.4 is 4.90 Å². The van der Waals surface area contributed by atoms with E-state index >= 15 is 0 Å². The molecular weight excluding hydrogens is 364 g/mol. The minimum absolute atomic E-state index is 0.0820. The summed E-state index contributed by atoms with van der Waals surface area (Å²) in [5, 5.41) is 0. The van der Waals surface area contributed by atoms with Gasteiger partial charge in [0.05, 0.1) is 5.52 Å². The zero-order chi connectivity index (χ0) is 20.0. The molecule has 0 radical (unpaired) electrons. The molecule has 0 unspecified atom stereocenters. The number of anilines is 1. The van der Waals surface area contributed by atoms with Gasteiger partial charge in [-0.05, 0) is 48.9 Å². The Morgan fingerprint density at radius 3 is 2.55 bits per heavy atom. The lowest BCUT2D eigenvalue weighted by molar-refractivity contribution is 0.0694. The molecule has 0 atom stereocenters. The van der Waals surface area contributed by atoms with Crippen LogP contribution in [-0.2, 0) is 6.42 Å². The molecule has 4 heterocycles. The number of benzene rings is 1. The van der Waals surface area contributed by atoms with E-state index in [1.807, 2.05) is 47.5 Å². The summed E-state index contributed by atoms with van der Waals surface area (Å²) >= 11 is 0. The Kier molecular flexibility index (Phi) is 4.34. The van der Waals surface area contributed by atoms with Crippen molar-refractivity contribution in [1.29, 1.82) is 0 Å². The molecular formula is C23H24N4O2. The van der Waals surface area contributed by atoms with E-state index in [2.05, 4.69) is 18.0 Å². The van der Waals surface area contributed by atoms with Crippen LogP contribution >= 0.6 is 0 Å². The first-order valence-electron chi connectivity index (χ1n) is 10.3. The van der Waals surface area contributed by atoms with Crippen molar-refractivity contribution < 1.29 is 9.59 Å². The highest BCUT2D eigenvalue weighted by Gasteiger charge is 2.31. The monoisotopic (exact) mass is 388 g/mol. The van der Waals surface area contributed by atoms with E-state index in [1.54, 1.807) is 9.30 Å². The van der Waals surface area contributed by atoms with Crippen molar-refractivity contribution in [3.8, 4) is 0 Å². The molecule has 2 amide bonds. The van der Waals surface area contributed by atoms with Gasteiger partial charge in [0.2, 0.25) is 5.82 Å². The van der Waals surface area contributed by atoms with Crippen molar-refractivity contribution in [1.82, 2.24) is 14.3 Å². The van der Waals surface area contributed by atoms with Crippen molar-refractivity contribution >= 4 is 23.0 Å². The molecule has 3 aromatic rings. The number of hydrogen-bond donors (Lipinski definition) is 0. The molecule has 1 aromatic carbocycles. The lowest BCUT2D eigenvalue weighted by Crippen LogP contribution is -2.38. The predicted octanol–water partition coefficient (Wildman–Crippen LogP) is 3.41. The number of amides is 2. The van der Waals surface area contributed by atoms with E-state index in [0.717, 1.165) is 38.0 Å². The molecule has 148 valence electrons. The average Bonchev–Trinajstić information content (AvgIpc) is 3.35. The molecule has 0 N–H and O–H groups in total. The number of fused-ring (bicyclic) bond motifs is 2. The SMILES string of the molecule is CC1CCN(C(=O)c2nc(C(=O)N3CCc4ccccc43)n3ccccc23)CC1. The standard InChI is InChI=1S/C23H24N4O2/c1-16-9-13-25(14-10-16)22(28)20-19-8-4-5-12-26(19)21(24-20)23(29)27-15-11-17-6-2-3-7-18(17)27/h2-8,12,16H,9-11,13-15H2,1H3. The van der Waals surface area contributed by atoms with Gasteiger partial charge in [0.15, 0.2) is 5.69 Å². The largest absolute Gasteiger partial charge is 0.337 e. The topological polar surface area (TPSA) is 57.9 Å². The maximum atomic E-state index is 13.4. The van der Waals surface area contributed by atoms with Crippen molar-refractivity contribution in [2.75, 3.05) is 24.5 Å². The molecule has 1 saturated heterocycles. The molecule has 0 aliphatic carbocycles. The minimum Gasteiger partial charge on any atom is -0.337 e. The zero-order valence-electron chi connectivity index (χ0n) is 16.5. The Balaban J connectivity index is 1.53. The fourth-order valence-electron chi connectivity index (χ4n) is 4.38. The Bertz CT molecular complexity index is 1100. The van der Waals surface area contributed by atoms with Gasteiger partial charge >= 0.3 is 0 Å². The van der Waals surface area contributed by atoms with Crippen LogP contribution in [0.2, 0.25) is 0 Å². The summed E-state index contributed by atoms with van der Waals surface area (Å²) in [6.07, 6.45) is 4.66. The number of carbonyl (C=O) groups excluding carboxylic acids is 2. The second-order valence-electron chi connectivity index (χ2n) is 8.05. The van der Waals surface area contributed by atoms with E-state index in [4.69, 9.17) is 0 Å². The third kappa shape index (κ3) is 2.99. The van der Waals surface area contributed by atoms with Gasteiger partial charge in [-0.3, -0.25) is 14.0 Å². The van der Waals surface area contributed by atoms with Crippen LogP contribution in [-0.4, -0.2) is 45.7 Å². The van der Waals surface area contributed by atoms with Crippen LogP contribution in [0.5, 0.6) is 0 Å². The van der Waals surface area contributed by atoms with E-state index in [-0.39, 0.29) is 11.8 Å². The molecule has 29 heavy (non-hydrogen) atoms. The van der Waals surface area contributed by atoms with Crippen LogP contribution in [0, 0.1) is 5.92 Å². The molecule has 2 aliphatic heterocycles. The number of likely N-dealkylation sites (tertiary alicyclic amines) is 1. The van der Waals surface area contributed by atoms with Crippen LogP contribution in [0.15, 0.2) is 48.7 Å². The van der Waals surface area contributed by atoms with Gasteiger partial charge in [0, 0.05) is 31.5 Å². The number of para-hydroxylation sites is 1. The Labute approximate surface area is 169 Å². The molecule has 2 aliphatic rings. The smallest absolute Gasteiger partial charge is 0.294 e. The van der Waals surface area contributed by atoms with Crippen molar-refractivity contribution in [3.63, 3.8) is 0 Å². The zero-order valence-corrected chi connectivity index (χ0v) is 16.5. The minimum atomic E-state index is -0.164. The van der Waals surface area contributed by atoms with Crippen LogP contribution in [0.3, 0.4) is 0 Å². The Morgan fingerprint density at radius 2 is 1.72 bits per heavy atom. The third-order valence-electron chi connectivity index (χ3n) is 6.15. The number of carbonyl (C=O) groups is 2. The summed E-state index contributed by atoms with van der Waals surface area (Å²) in [6.45, 7) is 4.34. The first-order valence-corrected chi connectivity index (χ1v) is 10.3. The number of hydrogen-bond acceptors (Lipinski definition) is 3. The van der Waals surface area contributed by atoms with Crippen LogP contribution in [0.1, 0.15) is 46.4 Å². The number of aromatic nitrogens is 2. The first-order chi connectivity index (χ1) is 14.1. The van der Waals surface area contributed by atoms with Gasteiger partial charge in [-0.2, -0.15) is 0 Å². The third-order valence-corrected chi connectivity index (χ3v) is 6.15. The summed E-state index contributed by atoms with van der Waals surface area (Å²) < 4.78 is 1.75. The molecule has 6 heteroatoms. The summed E-state index contributed by atoms with van der Waals surface area (Å²) in [4.78, 5) is 34.8. The van der Waals surface area contributed by atoms with Crippen LogP contribution in [0.4, 0.5) is 5.69 Å². The Morgan fingerprint density at radius 1 is 0.966 bits per heavy atom. The second-order valence-corrected chi connectivity index (χ2v) is 8.05. The molecule has 1 fully saturated rings. The molecule has 0 spiro atoms. The maximum Gasteiger partial charge on any atom is 0.294 e. The predicted molar refractivity (Wildman–Crippen MR) is 111 cm³/mol. The van der Waals surface area contributed by atoms with Crippen molar-refractivity contribution in [2.45, 2.75) is 26.2 Å². The molecule has 6 nitrogen and oxygen atoms in total. The average molecular weight is 388 g/mol. The van der Waals surface area contributed by atoms with Gasteiger partial charge < -0.3 is 9.80 Å². The number of imidazole rings is 1. The lowest BCUT2D eigenvalue weighted by atomic mass is 9.99. The highest BCUT2D eigenvalue weighted by atomic mass is 16.2. The van der Waals surface area contributed by atoms with E-state index in [0.29, 0.717) is 29.5 Å². The van der Waals surface area contributed by atoms with Crippen molar-refractivity contribution in [3.05, 3.63) is 65.7 Å². The van der Waals surface area contributed by atoms with Gasteiger partial charge in [-0.1, -0.05) is 31.2 Å². The maximum absolute atomic E-state index is 13.4. The van der Waals surface area contributed by atoms with E-state index < -0.39 is 0 Å². The number of pyridine rings is 1. The fourth-order valence-corrected chi connectivity index (χ4v) is 4.38. The number of nitrogens with zero attached hydrogens (tertiary/aromatic N) is 4. The van der Waals surface area contributed by atoms with Gasteiger partial charge in [-0.15, -0.1) is 0 Å². The highest BCUT2D eigenvalue weighted by Crippen LogP contribution is 2.29. The van der Waals surface area contributed by atoms with Gasteiger partial charge in [0.1, 0.15) is 0 Å². The second kappa shape index (κ2) is 7.03. The van der Waals surface area contributed by atoms with Gasteiger partial charge in [-0.25, -0.2) is 4.98 Å². The summed E-state index contributed by atoms with van der Waals surface area (Å²) in [7, 11) is 0. The van der Waals surface area contributed by atoms with E-state index in [9.17, 15) is 9.59 Å². The highest BCUT2D eigenvalue weighted by molar-refractivity contribution is 6.08. The molecule has 0 saturated carbocycles. The first kappa shape index (κ1) is 17.9. The fraction of sp³-hybridized carbons (Fsp3) is 0.348. The number of rotatable bonds is 2. The molecule has 5 rings (SSSR count). The van der Waals surface area contributed by atoms with Gasteiger partial charge in [0.25, 0.3) is 11.8 Å². The van der Waals surface area contributed by atoms with E-state index in [1.165, 1.54) is 5.56 Å². The van der Waals surface area contributed by atoms with Crippen molar-refractivity contribution in [2.24, 2.45) is 5.92 Å². The quantitative estimate of drug-likeness (QED) is 0.676.